The Hall–Kier alpha value is -4.78. The van der Waals surface area contributed by atoms with E-state index in [9.17, 15) is 9.59 Å². The number of esters is 1. The minimum Gasteiger partial charge on any atom is -0.493 e. The predicted octanol–water partition coefficient (Wildman–Crippen LogP) is 5.76. The van der Waals surface area contributed by atoms with E-state index in [-0.39, 0.29) is 12.3 Å². The molecule has 1 unspecified atom stereocenters. The van der Waals surface area contributed by atoms with Gasteiger partial charge >= 0.3 is 5.97 Å². The van der Waals surface area contributed by atoms with E-state index in [1.165, 1.54) is 7.11 Å². The van der Waals surface area contributed by atoms with Crippen molar-refractivity contribution in [2.45, 2.75) is 32.6 Å². The Labute approximate surface area is 234 Å². The van der Waals surface area contributed by atoms with Crippen molar-refractivity contribution in [2.24, 2.45) is 0 Å². The first kappa shape index (κ1) is 28.2. The van der Waals surface area contributed by atoms with Crippen LogP contribution in [0.2, 0.25) is 0 Å². The van der Waals surface area contributed by atoms with Crippen molar-refractivity contribution in [3.8, 4) is 17.2 Å². The first-order valence-corrected chi connectivity index (χ1v) is 13.1. The van der Waals surface area contributed by atoms with Gasteiger partial charge in [0.2, 0.25) is 0 Å². The zero-order chi connectivity index (χ0) is 28.2. The number of nitrogens with one attached hydrogen (secondary N) is 1. The summed E-state index contributed by atoms with van der Waals surface area (Å²) in [4.78, 5) is 25.4. The second-order valence-electron chi connectivity index (χ2n) is 9.03. The molecule has 7 heteroatoms. The summed E-state index contributed by atoms with van der Waals surface area (Å²) in [6, 6.07) is 31.0. The molecule has 40 heavy (non-hydrogen) atoms. The quantitative estimate of drug-likeness (QED) is 0.218. The summed E-state index contributed by atoms with van der Waals surface area (Å²) >= 11 is 0. The van der Waals surface area contributed by atoms with Crippen LogP contribution in [-0.2, 0) is 29.2 Å². The Balaban J connectivity index is 1.33. The van der Waals surface area contributed by atoms with Crippen molar-refractivity contribution in [1.29, 1.82) is 0 Å². The van der Waals surface area contributed by atoms with E-state index in [1.54, 1.807) is 24.3 Å². The van der Waals surface area contributed by atoms with Gasteiger partial charge in [-0.1, -0.05) is 60.7 Å². The number of carbonyl (C=O) groups excluding carboxylic acids is 2. The average molecular weight is 540 g/mol. The fraction of sp³-hybridized carbons (Fsp3) is 0.212. The number of hydrogen-bond donors (Lipinski definition) is 1. The largest absolute Gasteiger partial charge is 0.493 e. The predicted molar refractivity (Wildman–Crippen MR) is 153 cm³/mol. The second kappa shape index (κ2) is 14.4. The maximum atomic E-state index is 13.0. The molecule has 0 aliphatic carbocycles. The molecule has 0 heterocycles. The van der Waals surface area contributed by atoms with Crippen LogP contribution in [-0.4, -0.2) is 31.6 Å². The molecule has 0 radical (unpaired) electrons. The summed E-state index contributed by atoms with van der Waals surface area (Å²) in [5.74, 6) is 1.21. The average Bonchev–Trinajstić information content (AvgIpc) is 3.00. The Morgan fingerprint density at radius 1 is 0.700 bits per heavy atom. The molecule has 4 rings (SSSR count). The lowest BCUT2D eigenvalue weighted by molar-refractivity contribution is -0.142. The third kappa shape index (κ3) is 8.11. The standard InChI is InChI=1S/C33H33NO6/c1-3-38-31-12-8-7-11-27(31)23-40-29-19-15-26(16-20-29)32(35)34-30(33(36)37-2)21-24-13-17-28(18-14-24)39-22-25-9-5-4-6-10-25/h4-20,30H,3,21-23H2,1-2H3,(H,34,35). The molecule has 7 nitrogen and oxygen atoms in total. The van der Waals surface area contributed by atoms with Gasteiger partial charge in [-0.2, -0.15) is 0 Å². The summed E-state index contributed by atoms with van der Waals surface area (Å²) in [6.07, 6.45) is 0.276. The van der Waals surface area contributed by atoms with Gasteiger partial charge in [0.1, 0.15) is 36.5 Å². The van der Waals surface area contributed by atoms with Crippen LogP contribution in [0.1, 0.15) is 34.0 Å². The lowest BCUT2D eigenvalue weighted by atomic mass is 10.0. The van der Waals surface area contributed by atoms with Crippen LogP contribution in [0.4, 0.5) is 0 Å². The van der Waals surface area contributed by atoms with Gasteiger partial charge in [0.05, 0.1) is 13.7 Å². The summed E-state index contributed by atoms with van der Waals surface area (Å²) in [5.41, 5.74) is 3.27. The molecule has 0 bridgehead atoms. The van der Waals surface area contributed by atoms with Crippen LogP contribution in [0.5, 0.6) is 17.2 Å². The fourth-order valence-electron chi connectivity index (χ4n) is 4.06. The molecule has 1 atom stereocenters. The van der Waals surface area contributed by atoms with Crippen LogP contribution < -0.4 is 19.5 Å². The number of hydrogen-bond acceptors (Lipinski definition) is 6. The van der Waals surface area contributed by atoms with Gasteiger partial charge in [-0.05, 0) is 60.5 Å². The van der Waals surface area contributed by atoms with Crippen LogP contribution >= 0.6 is 0 Å². The van der Waals surface area contributed by atoms with E-state index >= 15 is 0 Å². The number of benzene rings is 4. The Bertz CT molecular complexity index is 1370. The molecule has 4 aromatic rings. The van der Waals surface area contributed by atoms with Gasteiger partial charge in [0.15, 0.2) is 0 Å². The molecule has 0 aliphatic rings. The van der Waals surface area contributed by atoms with E-state index in [0.29, 0.717) is 31.1 Å². The zero-order valence-electron chi connectivity index (χ0n) is 22.7. The van der Waals surface area contributed by atoms with E-state index in [1.807, 2.05) is 85.8 Å². The molecule has 0 saturated carbocycles. The van der Waals surface area contributed by atoms with Gasteiger partial charge in [-0.3, -0.25) is 4.79 Å². The third-order valence-electron chi connectivity index (χ3n) is 6.19. The molecule has 0 fully saturated rings. The smallest absolute Gasteiger partial charge is 0.328 e. The SMILES string of the molecule is CCOc1ccccc1COc1ccc(C(=O)NC(Cc2ccc(OCc3ccccc3)cc2)C(=O)OC)cc1. The van der Waals surface area contributed by atoms with Crippen molar-refractivity contribution < 1.29 is 28.5 Å². The fourth-order valence-corrected chi connectivity index (χ4v) is 4.06. The van der Waals surface area contributed by atoms with Gasteiger partial charge < -0.3 is 24.3 Å². The monoisotopic (exact) mass is 539 g/mol. The molecule has 4 aromatic carbocycles. The van der Waals surface area contributed by atoms with Crippen LogP contribution in [0.15, 0.2) is 103 Å². The summed E-state index contributed by atoms with van der Waals surface area (Å²) in [5, 5.41) is 2.79. The lowest BCUT2D eigenvalue weighted by Crippen LogP contribution is -2.43. The van der Waals surface area contributed by atoms with E-state index in [0.717, 1.165) is 28.2 Å². The normalized spacial score (nSPS) is 11.2. The summed E-state index contributed by atoms with van der Waals surface area (Å²) in [6.45, 7) is 3.31. The Kier molecular flexibility index (Phi) is 10.2. The van der Waals surface area contributed by atoms with E-state index in [2.05, 4.69) is 5.32 Å². The van der Waals surface area contributed by atoms with Crippen LogP contribution in [0.3, 0.4) is 0 Å². The number of ether oxygens (including phenoxy) is 4. The van der Waals surface area contributed by atoms with Gasteiger partial charge in [0, 0.05) is 17.5 Å². The maximum Gasteiger partial charge on any atom is 0.328 e. The maximum absolute atomic E-state index is 13.0. The van der Waals surface area contributed by atoms with Crippen molar-refractivity contribution >= 4 is 11.9 Å². The number of methoxy groups -OCH3 is 1. The number of carbonyl (C=O) groups is 2. The molecule has 0 saturated heterocycles. The van der Waals surface area contributed by atoms with Gasteiger partial charge in [-0.25, -0.2) is 4.79 Å². The minimum absolute atomic E-state index is 0.276. The zero-order valence-corrected chi connectivity index (χ0v) is 22.7. The lowest BCUT2D eigenvalue weighted by Gasteiger charge is -2.17. The summed E-state index contributed by atoms with van der Waals surface area (Å²) in [7, 11) is 1.30. The number of amides is 1. The highest BCUT2D eigenvalue weighted by molar-refractivity contribution is 5.96. The number of rotatable bonds is 13. The van der Waals surface area contributed by atoms with Crippen LogP contribution in [0, 0.1) is 0 Å². The molecule has 1 N–H and O–H groups in total. The van der Waals surface area contributed by atoms with Gasteiger partial charge in [-0.15, -0.1) is 0 Å². The highest BCUT2D eigenvalue weighted by Crippen LogP contribution is 2.21. The third-order valence-corrected chi connectivity index (χ3v) is 6.19. The molecule has 1 amide bonds. The van der Waals surface area contributed by atoms with Crippen molar-refractivity contribution in [2.75, 3.05) is 13.7 Å². The second-order valence-corrected chi connectivity index (χ2v) is 9.03. The highest BCUT2D eigenvalue weighted by Gasteiger charge is 2.23. The first-order chi connectivity index (χ1) is 19.6. The highest BCUT2D eigenvalue weighted by atomic mass is 16.5. The van der Waals surface area contributed by atoms with Crippen molar-refractivity contribution in [3.63, 3.8) is 0 Å². The molecule has 0 spiro atoms. The molecular formula is C33H33NO6. The van der Waals surface area contributed by atoms with E-state index < -0.39 is 12.0 Å². The first-order valence-electron chi connectivity index (χ1n) is 13.1. The Morgan fingerprint density at radius 3 is 2.00 bits per heavy atom. The molecule has 0 aromatic heterocycles. The number of para-hydroxylation sites is 1. The van der Waals surface area contributed by atoms with Crippen molar-refractivity contribution in [1.82, 2.24) is 5.32 Å². The molecule has 0 aliphatic heterocycles. The summed E-state index contributed by atoms with van der Waals surface area (Å²) < 4.78 is 22.3. The van der Waals surface area contributed by atoms with E-state index in [4.69, 9.17) is 18.9 Å². The molecule has 206 valence electrons. The molecular weight excluding hydrogens is 506 g/mol. The van der Waals surface area contributed by atoms with Crippen molar-refractivity contribution in [3.05, 3.63) is 125 Å². The topological polar surface area (TPSA) is 83.1 Å². The van der Waals surface area contributed by atoms with Gasteiger partial charge in [0.25, 0.3) is 5.91 Å². The Morgan fingerprint density at radius 2 is 1.32 bits per heavy atom. The minimum atomic E-state index is -0.848. The van der Waals surface area contributed by atoms with Crippen LogP contribution in [0.25, 0.3) is 0 Å².